The van der Waals surface area contributed by atoms with E-state index in [4.69, 9.17) is 0 Å². The molecule has 2 fully saturated rings. The number of benzene rings is 1. The summed E-state index contributed by atoms with van der Waals surface area (Å²) in [4.78, 5) is 17.6. The van der Waals surface area contributed by atoms with Crippen LogP contribution in [0.4, 0.5) is 0 Å². The van der Waals surface area contributed by atoms with Crippen molar-refractivity contribution in [2.45, 2.75) is 51.7 Å². The molecule has 140 valence electrons. The summed E-state index contributed by atoms with van der Waals surface area (Å²) in [5, 5.41) is 3.44. The minimum absolute atomic E-state index is 0. The lowest BCUT2D eigenvalue weighted by Crippen LogP contribution is -2.45. The lowest BCUT2D eigenvalue weighted by molar-refractivity contribution is -0.136. The van der Waals surface area contributed by atoms with Crippen molar-refractivity contribution in [2.75, 3.05) is 26.2 Å². The second-order valence-electron chi connectivity index (χ2n) is 7.50. The summed E-state index contributed by atoms with van der Waals surface area (Å²) in [5.74, 6) is 0.606. The fraction of sp³-hybridized carbons (Fsp3) is 0.650. The molecule has 0 radical (unpaired) electrons. The van der Waals surface area contributed by atoms with Crippen molar-refractivity contribution in [1.82, 2.24) is 15.1 Å². The number of rotatable bonds is 3. The minimum Gasteiger partial charge on any atom is -0.341 e. The number of amides is 1. The van der Waals surface area contributed by atoms with Crippen molar-refractivity contribution in [3.8, 4) is 0 Å². The molecule has 2 aliphatic rings. The van der Waals surface area contributed by atoms with E-state index in [1.165, 1.54) is 5.56 Å². The first-order valence-electron chi connectivity index (χ1n) is 9.43. The molecule has 0 aliphatic carbocycles. The van der Waals surface area contributed by atoms with E-state index in [1.54, 1.807) is 0 Å². The molecule has 5 heteroatoms. The lowest BCUT2D eigenvalue weighted by Gasteiger charge is -2.31. The Hall–Kier alpha value is -1.10. The Kier molecular flexibility index (Phi) is 7.73. The maximum atomic E-state index is 12.9. The Morgan fingerprint density at radius 1 is 1.12 bits per heavy atom. The predicted octanol–water partition coefficient (Wildman–Crippen LogP) is 2.92. The van der Waals surface area contributed by atoms with Gasteiger partial charge in [0.25, 0.3) is 0 Å². The smallest absolute Gasteiger partial charge is 0.225 e. The zero-order valence-electron chi connectivity index (χ0n) is 15.5. The monoisotopic (exact) mass is 365 g/mol. The van der Waals surface area contributed by atoms with Crippen LogP contribution in [0.25, 0.3) is 0 Å². The van der Waals surface area contributed by atoms with Gasteiger partial charge in [-0.1, -0.05) is 30.3 Å². The van der Waals surface area contributed by atoms with Crippen molar-refractivity contribution >= 4 is 18.3 Å². The average molecular weight is 366 g/mol. The molecule has 3 atom stereocenters. The van der Waals surface area contributed by atoms with E-state index >= 15 is 0 Å². The van der Waals surface area contributed by atoms with Gasteiger partial charge < -0.3 is 10.2 Å². The summed E-state index contributed by atoms with van der Waals surface area (Å²) in [5.41, 5.74) is 1.36. The van der Waals surface area contributed by atoms with Gasteiger partial charge in [0.15, 0.2) is 0 Å². The van der Waals surface area contributed by atoms with Gasteiger partial charge in [0.2, 0.25) is 5.91 Å². The summed E-state index contributed by atoms with van der Waals surface area (Å²) < 4.78 is 0. The number of hydrogen-bond donors (Lipinski definition) is 1. The van der Waals surface area contributed by atoms with E-state index in [-0.39, 0.29) is 18.3 Å². The van der Waals surface area contributed by atoms with E-state index in [1.807, 2.05) is 0 Å². The van der Waals surface area contributed by atoms with Gasteiger partial charge >= 0.3 is 0 Å². The Labute approximate surface area is 158 Å². The Morgan fingerprint density at radius 3 is 2.60 bits per heavy atom. The van der Waals surface area contributed by atoms with Gasteiger partial charge in [-0.25, -0.2) is 0 Å². The lowest BCUT2D eigenvalue weighted by atomic mass is 9.92. The third kappa shape index (κ3) is 5.44. The van der Waals surface area contributed by atoms with Crippen LogP contribution in [0.5, 0.6) is 0 Å². The molecule has 1 amide bonds. The first kappa shape index (κ1) is 20.2. The van der Waals surface area contributed by atoms with E-state index in [0.29, 0.717) is 18.0 Å². The number of piperidine rings is 1. The molecule has 2 aliphatic heterocycles. The van der Waals surface area contributed by atoms with Gasteiger partial charge in [0, 0.05) is 44.2 Å². The predicted molar refractivity (Wildman–Crippen MR) is 105 cm³/mol. The summed E-state index contributed by atoms with van der Waals surface area (Å²) in [6.45, 7) is 9.19. The largest absolute Gasteiger partial charge is 0.341 e. The van der Waals surface area contributed by atoms with Gasteiger partial charge in [0.1, 0.15) is 0 Å². The zero-order chi connectivity index (χ0) is 16.9. The molecule has 2 saturated heterocycles. The standard InChI is InChI=1S/C20H31N3O.ClH/c1-16-14-19(8-10-21-16)20(24)22-11-9-17(2)23(13-12-22)15-18-6-4-3-5-7-18;/h3-7,16-17,19,21H,8-15H2,1-2H3;1H/t16-,17?,19-;/m0./s1. The third-order valence-electron chi connectivity index (χ3n) is 5.61. The molecule has 0 spiro atoms. The molecule has 0 saturated carbocycles. The normalized spacial score (nSPS) is 28.1. The number of carbonyl (C=O) groups is 1. The van der Waals surface area contributed by atoms with Crippen LogP contribution >= 0.6 is 12.4 Å². The van der Waals surface area contributed by atoms with Crippen LogP contribution in [-0.2, 0) is 11.3 Å². The quantitative estimate of drug-likeness (QED) is 0.894. The maximum Gasteiger partial charge on any atom is 0.225 e. The summed E-state index contributed by atoms with van der Waals surface area (Å²) >= 11 is 0. The minimum atomic E-state index is 0. The summed E-state index contributed by atoms with van der Waals surface area (Å²) in [6, 6.07) is 11.6. The Balaban J connectivity index is 0.00000225. The van der Waals surface area contributed by atoms with Crippen molar-refractivity contribution in [2.24, 2.45) is 5.92 Å². The highest BCUT2D eigenvalue weighted by Gasteiger charge is 2.30. The zero-order valence-corrected chi connectivity index (χ0v) is 16.3. The second kappa shape index (κ2) is 9.56. The van der Waals surface area contributed by atoms with Crippen LogP contribution in [0.15, 0.2) is 30.3 Å². The van der Waals surface area contributed by atoms with E-state index in [9.17, 15) is 4.79 Å². The highest BCUT2D eigenvalue weighted by Crippen LogP contribution is 2.21. The molecule has 0 aromatic heterocycles. The Morgan fingerprint density at radius 2 is 1.88 bits per heavy atom. The number of nitrogens with zero attached hydrogens (tertiary/aromatic N) is 2. The average Bonchev–Trinajstić information content (AvgIpc) is 2.78. The maximum absolute atomic E-state index is 12.9. The highest BCUT2D eigenvalue weighted by molar-refractivity contribution is 5.85. The first-order chi connectivity index (χ1) is 11.6. The van der Waals surface area contributed by atoms with Crippen LogP contribution in [0, 0.1) is 5.92 Å². The topological polar surface area (TPSA) is 35.6 Å². The second-order valence-corrected chi connectivity index (χ2v) is 7.50. The Bertz CT molecular complexity index is 539. The van der Waals surface area contributed by atoms with Crippen LogP contribution in [0.1, 0.15) is 38.7 Å². The number of hydrogen-bond acceptors (Lipinski definition) is 3. The van der Waals surface area contributed by atoms with Crippen molar-refractivity contribution in [3.63, 3.8) is 0 Å². The van der Waals surface area contributed by atoms with Crippen LogP contribution < -0.4 is 5.32 Å². The fourth-order valence-corrected chi connectivity index (χ4v) is 3.99. The molecule has 2 heterocycles. The van der Waals surface area contributed by atoms with Gasteiger partial charge in [-0.3, -0.25) is 9.69 Å². The van der Waals surface area contributed by atoms with Crippen LogP contribution in [0.3, 0.4) is 0 Å². The molecule has 4 nitrogen and oxygen atoms in total. The molecule has 0 bridgehead atoms. The third-order valence-corrected chi connectivity index (χ3v) is 5.61. The highest BCUT2D eigenvalue weighted by atomic mass is 35.5. The first-order valence-corrected chi connectivity index (χ1v) is 9.43. The fourth-order valence-electron chi connectivity index (χ4n) is 3.99. The van der Waals surface area contributed by atoms with Crippen LogP contribution in [-0.4, -0.2) is 54.0 Å². The molecule has 25 heavy (non-hydrogen) atoms. The molecular formula is C20H32ClN3O. The van der Waals surface area contributed by atoms with E-state index in [0.717, 1.165) is 52.0 Å². The number of halogens is 1. The SMILES string of the molecule is CC1CCN(C(=O)[C@H]2CCN[C@@H](C)C2)CCN1Cc1ccccc1.Cl. The van der Waals surface area contributed by atoms with Gasteiger partial charge in [-0.15, -0.1) is 12.4 Å². The number of carbonyl (C=O) groups excluding carboxylic acids is 1. The van der Waals surface area contributed by atoms with Crippen molar-refractivity contribution in [3.05, 3.63) is 35.9 Å². The van der Waals surface area contributed by atoms with E-state index in [2.05, 4.69) is 59.3 Å². The van der Waals surface area contributed by atoms with E-state index < -0.39 is 0 Å². The molecule has 1 N–H and O–H groups in total. The van der Waals surface area contributed by atoms with Crippen molar-refractivity contribution in [1.29, 1.82) is 0 Å². The molecule has 1 unspecified atom stereocenters. The number of nitrogens with one attached hydrogen (secondary N) is 1. The van der Waals surface area contributed by atoms with Gasteiger partial charge in [-0.05, 0) is 45.2 Å². The molecule has 3 rings (SSSR count). The van der Waals surface area contributed by atoms with Gasteiger partial charge in [0.05, 0.1) is 0 Å². The molecule has 1 aromatic rings. The summed E-state index contributed by atoms with van der Waals surface area (Å²) in [7, 11) is 0. The molecular weight excluding hydrogens is 334 g/mol. The summed E-state index contributed by atoms with van der Waals surface area (Å²) in [6.07, 6.45) is 3.04. The van der Waals surface area contributed by atoms with Gasteiger partial charge in [-0.2, -0.15) is 0 Å². The molecule has 1 aromatic carbocycles. The van der Waals surface area contributed by atoms with Crippen molar-refractivity contribution < 1.29 is 4.79 Å². The van der Waals surface area contributed by atoms with Crippen LogP contribution in [0.2, 0.25) is 0 Å².